The van der Waals surface area contributed by atoms with Gasteiger partial charge in [-0.1, -0.05) is 156 Å². The lowest BCUT2D eigenvalue weighted by Gasteiger charge is -2.15. The van der Waals surface area contributed by atoms with Crippen molar-refractivity contribution in [2.24, 2.45) is 0 Å². The number of aliphatic hydroxyl groups is 1. The molecule has 0 saturated carbocycles. The third-order valence-corrected chi connectivity index (χ3v) is 9.98. The van der Waals surface area contributed by atoms with Gasteiger partial charge in [0.1, 0.15) is 12.7 Å². The van der Waals surface area contributed by atoms with E-state index in [4.69, 9.17) is 13.8 Å². The predicted octanol–water partition coefficient (Wildman–Crippen LogP) is 13.0. The van der Waals surface area contributed by atoms with Gasteiger partial charge in [-0.15, -0.1) is 0 Å². The monoisotopic (exact) mass is 844 g/mol. The largest absolute Gasteiger partial charge is 0.472 e. The molecule has 336 valence electrons. The number of carbonyl (C=O) groups excluding carboxylic acids is 2. The Balaban J connectivity index is 3.69. The number of hydrogen-bond donors (Lipinski definition) is 3. The Bertz CT molecular complexity index is 1280. The van der Waals surface area contributed by atoms with Gasteiger partial charge >= 0.3 is 13.8 Å². The molecule has 0 heterocycles. The van der Waals surface area contributed by atoms with Crippen LogP contribution in [0.15, 0.2) is 97.2 Å². The summed E-state index contributed by atoms with van der Waals surface area (Å²) >= 11 is 0. The molecule has 0 rings (SSSR count). The summed E-state index contributed by atoms with van der Waals surface area (Å²) in [4.78, 5) is 33.9. The highest BCUT2D eigenvalue weighted by Gasteiger charge is 2.23. The smallest absolute Gasteiger partial charge is 0.463 e. The number of amides is 1. The van der Waals surface area contributed by atoms with Crippen LogP contribution in [-0.2, 0) is 27.9 Å². The molecule has 1 amide bonds. The molecule has 0 spiro atoms. The first-order valence-corrected chi connectivity index (χ1v) is 24.2. The normalized spacial score (nSPS) is 14.2. The Labute approximate surface area is 359 Å². The molecule has 0 aromatic rings. The van der Waals surface area contributed by atoms with E-state index in [0.29, 0.717) is 12.8 Å². The fourth-order valence-electron chi connectivity index (χ4n) is 5.59. The number of hydrogen-bond acceptors (Lipinski definition) is 7. The summed E-state index contributed by atoms with van der Waals surface area (Å²) in [5.41, 5.74) is 0. The molecule has 59 heavy (non-hydrogen) atoms. The van der Waals surface area contributed by atoms with Crippen LogP contribution in [0.4, 0.5) is 0 Å². The van der Waals surface area contributed by atoms with E-state index in [9.17, 15) is 24.2 Å². The summed E-state index contributed by atoms with van der Waals surface area (Å²) in [6.45, 7) is 3.34. The van der Waals surface area contributed by atoms with E-state index >= 15 is 0 Å². The molecule has 3 N–H and O–H groups in total. The van der Waals surface area contributed by atoms with Gasteiger partial charge in [0.2, 0.25) is 5.91 Å². The number of carbonyl (C=O) groups is 2. The third-order valence-electron chi connectivity index (χ3n) is 9.00. The van der Waals surface area contributed by atoms with Crippen LogP contribution in [0.5, 0.6) is 0 Å². The maximum Gasteiger partial charge on any atom is 0.472 e. The molecule has 0 radical (unpaired) electrons. The second-order valence-electron chi connectivity index (χ2n) is 14.6. The van der Waals surface area contributed by atoms with E-state index in [-0.39, 0.29) is 32.1 Å². The van der Waals surface area contributed by atoms with Gasteiger partial charge in [-0.25, -0.2) is 4.57 Å². The third kappa shape index (κ3) is 45.9. The number of nitrogens with one attached hydrogen (secondary N) is 1. The summed E-state index contributed by atoms with van der Waals surface area (Å²) in [5, 5.41) is 12.7. The molecule has 0 bridgehead atoms. The van der Waals surface area contributed by atoms with E-state index in [2.05, 4.69) is 116 Å². The molecular weight excluding hydrogens is 762 g/mol. The molecule has 0 aliphatic rings. The molecule has 10 heteroatoms. The van der Waals surface area contributed by atoms with Crippen LogP contribution in [0.3, 0.4) is 0 Å². The van der Waals surface area contributed by atoms with Gasteiger partial charge in [-0.05, 0) is 96.3 Å². The number of unbranched alkanes of at least 4 members (excludes halogenated alkanes) is 12. The Kier molecular flexibility index (Phi) is 42.2. The molecular formula is C49H82NO8P. The van der Waals surface area contributed by atoms with Crippen LogP contribution >= 0.6 is 7.82 Å². The van der Waals surface area contributed by atoms with Crippen LogP contribution in [0, 0.1) is 0 Å². The van der Waals surface area contributed by atoms with Gasteiger partial charge in [-0.3, -0.25) is 18.6 Å². The number of aliphatic hydroxyl groups excluding tert-OH is 1. The molecule has 2 unspecified atom stereocenters. The van der Waals surface area contributed by atoms with Crippen molar-refractivity contribution in [2.45, 2.75) is 174 Å². The predicted molar refractivity (Wildman–Crippen MR) is 247 cm³/mol. The second kappa shape index (κ2) is 44.5. The van der Waals surface area contributed by atoms with Crippen molar-refractivity contribution < 1.29 is 37.9 Å². The standard InChI is InChI=1S/C49H82NO8P/c1-3-5-7-9-11-13-15-17-19-20-21-22-23-24-25-26-28-29-31-33-35-37-39-41-48(52)50-43-44-57-59(54,55)58-46-47(51)45-56-49(53)42-40-38-36-34-32-30-27-18-16-14-12-10-8-6-4-2/h5,7,11-14,17-19,21-22,24-25,27-29,47,51H,3-4,6,8-10,15-16,20,23,26,30-46H2,1-2H3,(H,50,52)(H,54,55)/b7-5-,13-11-,14-12-,19-17-,22-21-,25-24-,27-18-,29-28-. The van der Waals surface area contributed by atoms with Crippen LogP contribution in [0.2, 0.25) is 0 Å². The van der Waals surface area contributed by atoms with E-state index in [1.807, 2.05) is 0 Å². The van der Waals surface area contributed by atoms with Gasteiger partial charge in [-0.2, -0.15) is 0 Å². The zero-order valence-corrected chi connectivity index (χ0v) is 37.8. The van der Waals surface area contributed by atoms with Crippen LogP contribution < -0.4 is 5.32 Å². The average molecular weight is 844 g/mol. The summed E-state index contributed by atoms with van der Waals surface area (Å²) in [6.07, 6.45) is 57.6. The quantitative estimate of drug-likeness (QED) is 0.0240. The van der Waals surface area contributed by atoms with E-state index in [0.717, 1.165) is 109 Å². The minimum atomic E-state index is -4.44. The lowest BCUT2D eigenvalue weighted by atomic mass is 10.1. The van der Waals surface area contributed by atoms with Crippen LogP contribution in [-0.4, -0.2) is 54.3 Å². The summed E-state index contributed by atoms with van der Waals surface area (Å²) < 4.78 is 26.9. The van der Waals surface area contributed by atoms with E-state index in [1.165, 1.54) is 25.7 Å². The SMILES string of the molecule is CC/C=C\C/C=C\C/C=C\C/C=C\C/C=C\C/C=C\CCCCCCC(=O)NCCOP(=O)(O)OCC(O)COC(=O)CCCCCCC/C=C\C/C=C\CCCCC. The Morgan fingerprint density at radius 1 is 0.542 bits per heavy atom. The van der Waals surface area contributed by atoms with Crippen molar-refractivity contribution in [1.82, 2.24) is 5.32 Å². The second-order valence-corrected chi connectivity index (χ2v) is 16.1. The molecule has 0 aromatic carbocycles. The fourth-order valence-corrected chi connectivity index (χ4v) is 6.35. The van der Waals surface area contributed by atoms with Crippen molar-refractivity contribution in [3.63, 3.8) is 0 Å². The summed E-state index contributed by atoms with van der Waals surface area (Å²) in [7, 11) is -4.44. The highest BCUT2D eigenvalue weighted by atomic mass is 31.2. The molecule has 0 aliphatic heterocycles. The van der Waals surface area contributed by atoms with E-state index in [1.54, 1.807) is 0 Å². The van der Waals surface area contributed by atoms with Crippen molar-refractivity contribution in [2.75, 3.05) is 26.4 Å². The number of phosphoric ester groups is 1. The lowest BCUT2D eigenvalue weighted by molar-refractivity contribution is -0.147. The Morgan fingerprint density at radius 3 is 1.46 bits per heavy atom. The molecule has 0 fully saturated rings. The highest BCUT2D eigenvalue weighted by molar-refractivity contribution is 7.47. The van der Waals surface area contributed by atoms with E-state index < -0.39 is 26.5 Å². The summed E-state index contributed by atoms with van der Waals surface area (Å²) in [6, 6.07) is 0. The maximum atomic E-state index is 12.1. The molecule has 0 aliphatic carbocycles. The number of phosphoric acid groups is 1. The first kappa shape index (κ1) is 55.9. The summed E-state index contributed by atoms with van der Waals surface area (Å²) in [5.74, 6) is -0.564. The van der Waals surface area contributed by atoms with Gasteiger partial charge in [0, 0.05) is 19.4 Å². The first-order valence-electron chi connectivity index (χ1n) is 22.7. The van der Waals surface area contributed by atoms with Crippen LogP contribution in [0.1, 0.15) is 168 Å². The zero-order chi connectivity index (χ0) is 43.2. The highest BCUT2D eigenvalue weighted by Crippen LogP contribution is 2.42. The Hall–Kier alpha value is -3.07. The minimum Gasteiger partial charge on any atom is -0.463 e. The minimum absolute atomic E-state index is 0.0593. The number of esters is 1. The van der Waals surface area contributed by atoms with Crippen molar-refractivity contribution in [3.8, 4) is 0 Å². The molecule has 2 atom stereocenters. The van der Waals surface area contributed by atoms with Crippen LogP contribution in [0.25, 0.3) is 0 Å². The maximum absolute atomic E-state index is 12.1. The van der Waals surface area contributed by atoms with Crippen molar-refractivity contribution in [3.05, 3.63) is 97.2 Å². The Morgan fingerprint density at radius 2 is 0.966 bits per heavy atom. The molecule has 0 aromatic heterocycles. The lowest BCUT2D eigenvalue weighted by Crippen LogP contribution is -2.27. The fraction of sp³-hybridized carbons (Fsp3) is 0.633. The van der Waals surface area contributed by atoms with Gasteiger partial charge in [0.05, 0.1) is 13.2 Å². The first-order chi connectivity index (χ1) is 28.8. The molecule has 9 nitrogen and oxygen atoms in total. The zero-order valence-electron chi connectivity index (χ0n) is 36.9. The number of rotatable bonds is 41. The van der Waals surface area contributed by atoms with Gasteiger partial charge < -0.3 is 20.1 Å². The number of allylic oxidation sites excluding steroid dienone is 16. The van der Waals surface area contributed by atoms with Crippen molar-refractivity contribution >= 4 is 19.7 Å². The topological polar surface area (TPSA) is 131 Å². The van der Waals surface area contributed by atoms with Gasteiger partial charge in [0.15, 0.2) is 0 Å². The van der Waals surface area contributed by atoms with Gasteiger partial charge in [0.25, 0.3) is 0 Å². The molecule has 0 saturated heterocycles. The average Bonchev–Trinajstić information content (AvgIpc) is 3.22. The number of ether oxygens (including phenoxy) is 1. The van der Waals surface area contributed by atoms with Crippen molar-refractivity contribution in [1.29, 1.82) is 0 Å².